The van der Waals surface area contributed by atoms with Crippen LogP contribution in [0.4, 0.5) is 0 Å². The van der Waals surface area contributed by atoms with Crippen LogP contribution in [0.25, 0.3) is 22.3 Å². The zero-order valence-electron chi connectivity index (χ0n) is 22.6. The molecule has 0 spiro atoms. The minimum absolute atomic E-state index is 0.139. The summed E-state index contributed by atoms with van der Waals surface area (Å²) in [6.07, 6.45) is 12.5. The maximum absolute atomic E-state index is 13.2. The first-order valence-corrected chi connectivity index (χ1v) is 14.0. The van der Waals surface area contributed by atoms with Crippen molar-refractivity contribution in [3.63, 3.8) is 0 Å². The molecule has 2 N–H and O–H groups in total. The number of carboxylic acid groups (broad SMARTS) is 1. The van der Waals surface area contributed by atoms with E-state index in [4.69, 9.17) is 4.74 Å². The second kappa shape index (κ2) is 16.3. The number of rotatable bonds is 17. The molecule has 0 aliphatic rings. The lowest BCUT2D eigenvalue weighted by Gasteiger charge is -2.18. The molecule has 0 bridgehead atoms. The first-order chi connectivity index (χ1) is 18.6. The minimum Gasteiger partial charge on any atom is -0.481 e. The van der Waals surface area contributed by atoms with E-state index in [0.29, 0.717) is 29.0 Å². The highest BCUT2D eigenvalue weighted by molar-refractivity contribution is 5.99. The smallest absolute Gasteiger partial charge is 0.341 e. The summed E-state index contributed by atoms with van der Waals surface area (Å²) in [5.74, 6) is -0.738. The Labute approximate surface area is 227 Å². The summed E-state index contributed by atoms with van der Waals surface area (Å²) >= 11 is 0. The SMILES string of the molecule is CCCCCCCCCCCCNC(=O)c1cc(-c2ccccc2)c(OCC(=O)O)c(-c2ccccc2)c1. The monoisotopic (exact) mass is 515 g/mol. The highest BCUT2D eigenvalue weighted by Crippen LogP contribution is 2.40. The molecule has 202 valence electrons. The first kappa shape index (κ1) is 29.0. The van der Waals surface area contributed by atoms with E-state index in [1.807, 2.05) is 60.7 Å². The van der Waals surface area contributed by atoms with Gasteiger partial charge in [0.05, 0.1) is 0 Å². The molecule has 1 amide bonds. The van der Waals surface area contributed by atoms with Gasteiger partial charge in [0.25, 0.3) is 5.91 Å². The third-order valence-corrected chi connectivity index (χ3v) is 6.68. The van der Waals surface area contributed by atoms with Gasteiger partial charge in [-0.25, -0.2) is 4.79 Å². The fourth-order valence-electron chi connectivity index (χ4n) is 4.63. The summed E-state index contributed by atoms with van der Waals surface area (Å²) in [6.45, 7) is 2.41. The molecule has 0 aliphatic carbocycles. The predicted octanol–water partition coefficient (Wildman–Crippen LogP) is 8.13. The van der Waals surface area contributed by atoms with Crippen LogP contribution in [-0.2, 0) is 4.79 Å². The fraction of sp³-hybridized carbons (Fsp3) is 0.394. The van der Waals surface area contributed by atoms with E-state index in [-0.39, 0.29) is 5.91 Å². The second-order valence-electron chi connectivity index (χ2n) is 9.75. The van der Waals surface area contributed by atoms with Crippen molar-refractivity contribution >= 4 is 11.9 Å². The lowest BCUT2D eigenvalue weighted by molar-refractivity contribution is -0.139. The molecule has 3 rings (SSSR count). The number of unbranched alkanes of at least 4 members (excludes halogenated alkanes) is 9. The van der Waals surface area contributed by atoms with Gasteiger partial charge >= 0.3 is 5.97 Å². The molecule has 5 heteroatoms. The van der Waals surface area contributed by atoms with Crippen molar-refractivity contribution in [1.82, 2.24) is 5.32 Å². The van der Waals surface area contributed by atoms with Crippen molar-refractivity contribution < 1.29 is 19.4 Å². The van der Waals surface area contributed by atoms with Crippen LogP contribution in [0.1, 0.15) is 81.5 Å². The summed E-state index contributed by atoms with van der Waals surface area (Å²) < 4.78 is 5.81. The van der Waals surface area contributed by atoms with E-state index in [0.717, 1.165) is 24.0 Å². The summed E-state index contributed by atoms with van der Waals surface area (Å²) in [6, 6.07) is 22.8. The van der Waals surface area contributed by atoms with Crippen LogP contribution in [0, 0.1) is 0 Å². The van der Waals surface area contributed by atoms with Crippen LogP contribution >= 0.6 is 0 Å². The van der Waals surface area contributed by atoms with Crippen LogP contribution in [0.2, 0.25) is 0 Å². The number of carbonyl (C=O) groups excluding carboxylic acids is 1. The van der Waals surface area contributed by atoms with Gasteiger partial charge in [0.2, 0.25) is 0 Å². The molecule has 0 aliphatic heterocycles. The lowest BCUT2D eigenvalue weighted by atomic mass is 9.94. The van der Waals surface area contributed by atoms with E-state index < -0.39 is 12.6 Å². The molecule has 3 aromatic carbocycles. The van der Waals surface area contributed by atoms with Crippen LogP contribution in [0.3, 0.4) is 0 Å². The summed E-state index contributed by atoms with van der Waals surface area (Å²) in [7, 11) is 0. The van der Waals surface area contributed by atoms with Crippen molar-refractivity contribution in [3.05, 3.63) is 78.4 Å². The average molecular weight is 516 g/mol. The third-order valence-electron chi connectivity index (χ3n) is 6.68. The molecule has 0 heterocycles. The Kier molecular flexibility index (Phi) is 12.4. The number of aliphatic carboxylic acids is 1. The molecular weight excluding hydrogens is 474 g/mol. The van der Waals surface area contributed by atoms with Gasteiger partial charge in [-0.05, 0) is 29.7 Å². The predicted molar refractivity (Wildman–Crippen MR) is 155 cm³/mol. The molecule has 0 atom stereocenters. The Morgan fingerprint density at radius 2 is 1.18 bits per heavy atom. The highest BCUT2D eigenvalue weighted by Gasteiger charge is 2.19. The Balaban J connectivity index is 1.70. The van der Waals surface area contributed by atoms with Crippen molar-refractivity contribution in [3.8, 4) is 28.0 Å². The Hall–Kier alpha value is -3.60. The summed E-state index contributed by atoms with van der Waals surface area (Å²) in [5, 5.41) is 12.4. The number of carbonyl (C=O) groups is 2. The number of amides is 1. The maximum atomic E-state index is 13.2. The van der Waals surface area contributed by atoms with Gasteiger partial charge in [-0.15, -0.1) is 0 Å². The van der Waals surface area contributed by atoms with Crippen molar-refractivity contribution in [2.75, 3.05) is 13.2 Å². The maximum Gasteiger partial charge on any atom is 0.341 e. The van der Waals surface area contributed by atoms with Crippen LogP contribution in [-0.4, -0.2) is 30.1 Å². The molecular formula is C33H41NO4. The van der Waals surface area contributed by atoms with E-state index in [9.17, 15) is 14.7 Å². The number of hydrogen-bond acceptors (Lipinski definition) is 3. The molecule has 0 saturated carbocycles. The quantitative estimate of drug-likeness (QED) is 0.178. The van der Waals surface area contributed by atoms with Crippen molar-refractivity contribution in [2.24, 2.45) is 0 Å². The summed E-state index contributed by atoms with van der Waals surface area (Å²) in [4.78, 5) is 24.5. The van der Waals surface area contributed by atoms with Crippen molar-refractivity contribution in [2.45, 2.75) is 71.1 Å². The Bertz CT molecular complexity index is 1070. The van der Waals surface area contributed by atoms with Gasteiger partial charge in [0, 0.05) is 23.2 Å². The number of benzene rings is 3. The minimum atomic E-state index is -1.05. The second-order valence-corrected chi connectivity index (χ2v) is 9.75. The van der Waals surface area contributed by atoms with E-state index in [1.165, 1.54) is 51.4 Å². The molecule has 0 fully saturated rings. The first-order valence-electron chi connectivity index (χ1n) is 14.0. The zero-order valence-corrected chi connectivity index (χ0v) is 22.6. The highest BCUT2D eigenvalue weighted by atomic mass is 16.5. The van der Waals surface area contributed by atoms with Gasteiger partial charge in [-0.1, -0.05) is 125 Å². The number of ether oxygens (including phenoxy) is 1. The largest absolute Gasteiger partial charge is 0.481 e. The van der Waals surface area contributed by atoms with Crippen LogP contribution in [0.5, 0.6) is 5.75 Å². The van der Waals surface area contributed by atoms with Gasteiger partial charge in [0.15, 0.2) is 6.61 Å². The fourth-order valence-corrected chi connectivity index (χ4v) is 4.63. The van der Waals surface area contributed by atoms with E-state index >= 15 is 0 Å². The van der Waals surface area contributed by atoms with E-state index in [1.54, 1.807) is 12.1 Å². The molecule has 0 unspecified atom stereocenters. The van der Waals surface area contributed by atoms with Crippen molar-refractivity contribution in [1.29, 1.82) is 0 Å². The summed E-state index contributed by atoms with van der Waals surface area (Å²) in [5.41, 5.74) is 3.62. The van der Waals surface area contributed by atoms with Crippen LogP contribution in [0.15, 0.2) is 72.8 Å². The molecule has 3 aromatic rings. The lowest BCUT2D eigenvalue weighted by Crippen LogP contribution is -2.24. The molecule has 38 heavy (non-hydrogen) atoms. The molecule has 5 nitrogen and oxygen atoms in total. The Morgan fingerprint density at radius 1 is 0.711 bits per heavy atom. The van der Waals surface area contributed by atoms with Gasteiger partial charge < -0.3 is 15.2 Å². The molecule has 0 radical (unpaired) electrons. The average Bonchev–Trinajstić information content (AvgIpc) is 2.95. The van der Waals surface area contributed by atoms with Gasteiger partial charge in [-0.3, -0.25) is 4.79 Å². The molecule has 0 aromatic heterocycles. The van der Waals surface area contributed by atoms with Gasteiger partial charge in [0.1, 0.15) is 5.75 Å². The topological polar surface area (TPSA) is 75.6 Å². The Morgan fingerprint density at radius 3 is 1.66 bits per heavy atom. The van der Waals surface area contributed by atoms with E-state index in [2.05, 4.69) is 12.2 Å². The number of carboxylic acids is 1. The number of nitrogens with one attached hydrogen (secondary N) is 1. The third kappa shape index (κ3) is 9.37. The molecule has 0 saturated heterocycles. The zero-order chi connectivity index (χ0) is 27.0. The normalized spacial score (nSPS) is 10.8. The standard InChI is InChI=1S/C33H41NO4/c1-2-3-4-5-6-7-8-9-10-17-22-34-33(37)28-23-29(26-18-13-11-14-19-26)32(38-25-31(35)36)30(24-28)27-20-15-12-16-21-27/h11-16,18-21,23-24H,2-10,17,22,25H2,1H3,(H,34,37)(H,35,36). The van der Waals surface area contributed by atoms with Crippen LogP contribution < -0.4 is 10.1 Å². The van der Waals surface area contributed by atoms with Gasteiger partial charge in [-0.2, -0.15) is 0 Å². The number of hydrogen-bond donors (Lipinski definition) is 2.